The summed E-state index contributed by atoms with van der Waals surface area (Å²) in [5.41, 5.74) is 2.56. The zero-order chi connectivity index (χ0) is 9.97. The number of aromatic amines is 1. The molecule has 1 aliphatic rings. The van der Waals surface area contributed by atoms with Gasteiger partial charge in [-0.3, -0.25) is 0 Å². The average molecular weight is 195 g/mol. The number of rotatable bonds is 2. The number of H-pyrrole nitrogens is 1. The number of fused-ring (bicyclic) bond motifs is 1. The van der Waals surface area contributed by atoms with Crippen molar-refractivity contribution < 1.29 is 4.74 Å². The molecule has 0 saturated carbocycles. The van der Waals surface area contributed by atoms with Crippen LogP contribution in [0, 0.1) is 0 Å². The van der Waals surface area contributed by atoms with Gasteiger partial charge >= 0.3 is 5.69 Å². The minimum Gasteiger partial charge on any atom is -0.375 e. The summed E-state index contributed by atoms with van der Waals surface area (Å²) >= 11 is 0. The van der Waals surface area contributed by atoms with Crippen LogP contribution >= 0.6 is 0 Å². The normalized spacial score (nSPS) is 15.2. The Balaban J connectivity index is 2.47. The Morgan fingerprint density at radius 3 is 3.29 bits per heavy atom. The molecule has 0 aromatic carbocycles. The molecule has 0 unspecified atom stereocenters. The van der Waals surface area contributed by atoms with E-state index in [0.717, 1.165) is 23.4 Å². The number of nitrogens with one attached hydrogen (secondary N) is 2. The van der Waals surface area contributed by atoms with Crippen molar-refractivity contribution in [3.8, 4) is 0 Å². The third-order valence-corrected chi connectivity index (χ3v) is 2.29. The van der Waals surface area contributed by atoms with Crippen molar-refractivity contribution in [1.29, 1.82) is 0 Å². The third-order valence-electron chi connectivity index (χ3n) is 2.29. The number of hydrogen-bond donors (Lipinski definition) is 2. The lowest BCUT2D eigenvalue weighted by Crippen LogP contribution is -2.25. The second-order valence-electron chi connectivity index (χ2n) is 3.28. The topological polar surface area (TPSA) is 67.0 Å². The summed E-state index contributed by atoms with van der Waals surface area (Å²) in [6.45, 7) is 1.83. The first-order valence-corrected chi connectivity index (χ1v) is 4.64. The Hall–Kier alpha value is -1.20. The van der Waals surface area contributed by atoms with Crippen LogP contribution in [0.5, 0.6) is 0 Å². The van der Waals surface area contributed by atoms with E-state index in [1.807, 2.05) is 7.05 Å². The lowest BCUT2D eigenvalue weighted by atomic mass is 10.1. The van der Waals surface area contributed by atoms with Crippen LogP contribution in [-0.2, 0) is 24.3 Å². The van der Waals surface area contributed by atoms with Crippen molar-refractivity contribution in [3.05, 3.63) is 27.4 Å². The number of hydrogen-bond acceptors (Lipinski definition) is 4. The van der Waals surface area contributed by atoms with Gasteiger partial charge in [0.25, 0.3) is 0 Å². The maximum absolute atomic E-state index is 11.2. The molecule has 5 heteroatoms. The van der Waals surface area contributed by atoms with Gasteiger partial charge in [0.15, 0.2) is 0 Å². The minimum absolute atomic E-state index is 0.292. The molecule has 2 N–H and O–H groups in total. The molecule has 0 bridgehead atoms. The van der Waals surface area contributed by atoms with Gasteiger partial charge in [-0.1, -0.05) is 0 Å². The Morgan fingerprint density at radius 1 is 1.64 bits per heavy atom. The highest BCUT2D eigenvalue weighted by Gasteiger charge is 2.15. The van der Waals surface area contributed by atoms with Crippen LogP contribution in [-0.4, -0.2) is 23.6 Å². The first-order chi connectivity index (χ1) is 6.81. The maximum Gasteiger partial charge on any atom is 0.345 e. The van der Waals surface area contributed by atoms with Gasteiger partial charge in [-0.2, -0.15) is 4.98 Å². The predicted molar refractivity (Wildman–Crippen MR) is 51.0 cm³/mol. The van der Waals surface area contributed by atoms with E-state index in [1.165, 1.54) is 0 Å². The predicted octanol–water partition coefficient (Wildman–Crippen LogP) is -0.438. The van der Waals surface area contributed by atoms with Gasteiger partial charge < -0.3 is 15.0 Å². The van der Waals surface area contributed by atoms with Crippen molar-refractivity contribution in [2.45, 2.75) is 19.6 Å². The van der Waals surface area contributed by atoms with Crippen molar-refractivity contribution in [3.63, 3.8) is 0 Å². The van der Waals surface area contributed by atoms with Crippen LogP contribution in [0.4, 0.5) is 0 Å². The fourth-order valence-corrected chi connectivity index (χ4v) is 1.68. The fraction of sp³-hybridized carbons (Fsp3) is 0.556. The molecule has 0 atom stereocenters. The number of aromatic nitrogens is 2. The largest absolute Gasteiger partial charge is 0.375 e. The molecular weight excluding hydrogens is 182 g/mol. The van der Waals surface area contributed by atoms with Crippen molar-refractivity contribution in [1.82, 2.24) is 15.3 Å². The highest BCUT2D eigenvalue weighted by atomic mass is 16.5. The van der Waals surface area contributed by atoms with E-state index in [2.05, 4.69) is 15.3 Å². The van der Waals surface area contributed by atoms with Gasteiger partial charge in [-0.15, -0.1) is 0 Å². The molecule has 0 radical (unpaired) electrons. The zero-order valence-corrected chi connectivity index (χ0v) is 8.09. The Kier molecular flexibility index (Phi) is 2.60. The van der Waals surface area contributed by atoms with E-state index >= 15 is 0 Å². The zero-order valence-electron chi connectivity index (χ0n) is 8.09. The summed E-state index contributed by atoms with van der Waals surface area (Å²) < 4.78 is 5.27. The van der Waals surface area contributed by atoms with Gasteiger partial charge in [0.2, 0.25) is 0 Å². The molecule has 76 valence electrons. The Morgan fingerprint density at radius 2 is 2.50 bits per heavy atom. The molecule has 0 amide bonds. The van der Waals surface area contributed by atoms with Crippen LogP contribution in [0.1, 0.15) is 17.0 Å². The summed E-state index contributed by atoms with van der Waals surface area (Å²) in [6, 6.07) is 0. The van der Waals surface area contributed by atoms with Crippen LogP contribution in [0.3, 0.4) is 0 Å². The molecule has 0 saturated heterocycles. The summed E-state index contributed by atoms with van der Waals surface area (Å²) in [7, 11) is 1.84. The van der Waals surface area contributed by atoms with E-state index < -0.39 is 0 Å². The van der Waals surface area contributed by atoms with Crippen LogP contribution in [0.25, 0.3) is 0 Å². The highest BCUT2D eigenvalue weighted by molar-refractivity contribution is 5.25. The molecule has 1 aromatic heterocycles. The van der Waals surface area contributed by atoms with Gasteiger partial charge in [0.1, 0.15) is 0 Å². The third kappa shape index (κ3) is 1.69. The van der Waals surface area contributed by atoms with E-state index in [1.54, 1.807) is 0 Å². The molecule has 2 rings (SSSR count). The summed E-state index contributed by atoms with van der Waals surface area (Å²) in [6.07, 6.45) is 0.829. The minimum atomic E-state index is -0.292. The van der Waals surface area contributed by atoms with E-state index in [0.29, 0.717) is 19.8 Å². The fourth-order valence-electron chi connectivity index (χ4n) is 1.68. The lowest BCUT2D eigenvalue weighted by Gasteiger charge is -2.17. The molecule has 0 aliphatic carbocycles. The Bertz CT molecular complexity index is 386. The van der Waals surface area contributed by atoms with E-state index in [9.17, 15) is 4.79 Å². The van der Waals surface area contributed by atoms with E-state index in [4.69, 9.17) is 4.74 Å². The first kappa shape index (κ1) is 9.36. The molecule has 1 aliphatic heterocycles. The average Bonchev–Trinajstić information content (AvgIpc) is 2.18. The van der Waals surface area contributed by atoms with Crippen molar-refractivity contribution in [2.75, 3.05) is 13.7 Å². The highest BCUT2D eigenvalue weighted by Crippen LogP contribution is 2.15. The molecule has 14 heavy (non-hydrogen) atoms. The molecule has 0 spiro atoms. The molecular formula is C9H13N3O2. The maximum atomic E-state index is 11.2. The van der Waals surface area contributed by atoms with Gasteiger partial charge in [-0.25, -0.2) is 4.79 Å². The molecule has 5 nitrogen and oxygen atoms in total. The lowest BCUT2D eigenvalue weighted by molar-refractivity contribution is 0.106. The Labute approximate surface area is 81.5 Å². The second kappa shape index (κ2) is 3.89. The van der Waals surface area contributed by atoms with E-state index in [-0.39, 0.29) is 5.69 Å². The van der Waals surface area contributed by atoms with Gasteiger partial charge in [-0.05, 0) is 19.0 Å². The quantitative estimate of drug-likeness (QED) is 0.671. The van der Waals surface area contributed by atoms with Gasteiger partial charge in [0.05, 0.1) is 24.6 Å². The summed E-state index contributed by atoms with van der Waals surface area (Å²) in [4.78, 5) is 17.8. The van der Waals surface area contributed by atoms with Crippen molar-refractivity contribution in [2.24, 2.45) is 0 Å². The monoisotopic (exact) mass is 195 g/mol. The number of nitrogens with zero attached hydrogens (tertiary/aromatic N) is 1. The summed E-state index contributed by atoms with van der Waals surface area (Å²) in [5.74, 6) is 0. The van der Waals surface area contributed by atoms with Crippen LogP contribution in [0.15, 0.2) is 4.79 Å². The van der Waals surface area contributed by atoms with Gasteiger partial charge in [0, 0.05) is 6.54 Å². The SMILES string of the molecule is CNCc1nc(=O)[nH]c2c1CCOC2. The van der Waals surface area contributed by atoms with Crippen LogP contribution in [0.2, 0.25) is 0 Å². The van der Waals surface area contributed by atoms with Crippen LogP contribution < -0.4 is 11.0 Å². The number of ether oxygens (including phenoxy) is 1. The molecule has 0 fully saturated rings. The molecule has 1 aromatic rings. The summed E-state index contributed by atoms with van der Waals surface area (Å²) in [5, 5.41) is 3.01. The smallest absolute Gasteiger partial charge is 0.345 e. The standard InChI is InChI=1S/C9H13N3O2/c1-10-4-7-6-2-3-14-5-8(6)12-9(13)11-7/h10H,2-5H2,1H3,(H,11,12,13). The second-order valence-corrected chi connectivity index (χ2v) is 3.28. The van der Waals surface area contributed by atoms with Crippen molar-refractivity contribution >= 4 is 0 Å². The first-order valence-electron chi connectivity index (χ1n) is 4.64. The molecule has 2 heterocycles.